The average molecular weight is 609 g/mol. The molecular formula is C33H20O12. The fraction of sp³-hybridized carbons (Fsp3) is 0.0303. The van der Waals surface area contributed by atoms with Crippen molar-refractivity contribution < 1.29 is 49.1 Å². The van der Waals surface area contributed by atoms with Gasteiger partial charge in [-0.3, -0.25) is 19.2 Å². The minimum atomic E-state index is -1.11. The third-order valence-corrected chi connectivity index (χ3v) is 7.06. The smallest absolute Gasteiger partial charge is 0.207 e. The first-order valence-electron chi connectivity index (χ1n) is 13.1. The van der Waals surface area contributed by atoms with Gasteiger partial charge in [-0.25, -0.2) is 0 Å². The Hall–Kier alpha value is -6.56. The van der Waals surface area contributed by atoms with Crippen LogP contribution in [0.3, 0.4) is 0 Å². The Morgan fingerprint density at radius 3 is 1.22 bits per heavy atom. The van der Waals surface area contributed by atoms with Crippen molar-refractivity contribution >= 4 is 33.5 Å². The molecule has 12 heteroatoms. The summed E-state index contributed by atoms with van der Waals surface area (Å²) in [4.78, 5) is 55.0. The monoisotopic (exact) mass is 608 g/mol. The number of carbonyl (C=O) groups is 2. The van der Waals surface area contributed by atoms with Crippen LogP contribution in [0.25, 0.3) is 44.6 Å². The Balaban J connectivity index is 1.55. The number of benzene rings is 4. The molecule has 0 aliphatic rings. The van der Waals surface area contributed by atoms with E-state index in [1.807, 2.05) is 0 Å². The third kappa shape index (κ3) is 4.95. The van der Waals surface area contributed by atoms with E-state index in [2.05, 4.69) is 0 Å². The lowest BCUT2D eigenvalue weighted by Gasteiger charge is -2.12. The number of hydrogen-bond donors (Lipinski definition) is 6. The Morgan fingerprint density at radius 2 is 0.867 bits per heavy atom. The fourth-order valence-corrected chi connectivity index (χ4v) is 5.03. The molecule has 6 rings (SSSR count). The van der Waals surface area contributed by atoms with Gasteiger partial charge in [0.15, 0.2) is 11.6 Å². The number of Topliss-reactive ketones (excluding diaryl/α,β-unsaturated/α-hetero) is 2. The molecule has 0 bridgehead atoms. The Labute approximate surface area is 250 Å². The summed E-state index contributed by atoms with van der Waals surface area (Å²) in [6.45, 7) is 0. The van der Waals surface area contributed by atoms with Gasteiger partial charge >= 0.3 is 0 Å². The van der Waals surface area contributed by atoms with E-state index >= 15 is 0 Å². The maximum atomic E-state index is 13.8. The topological polar surface area (TPSA) is 216 Å². The van der Waals surface area contributed by atoms with E-state index in [1.54, 1.807) is 0 Å². The first-order valence-corrected chi connectivity index (χ1v) is 13.1. The number of phenols is 6. The molecule has 0 aliphatic carbocycles. The third-order valence-electron chi connectivity index (χ3n) is 7.06. The summed E-state index contributed by atoms with van der Waals surface area (Å²) in [5, 5.41) is 59.3. The average Bonchev–Trinajstić information content (AvgIpc) is 2.96. The molecule has 0 saturated heterocycles. The lowest BCUT2D eigenvalue weighted by Crippen LogP contribution is -2.23. The standard InChI is InChI=1S/C33H20O12/c34-16-5-1-14(2-6-16)32-28(30(42)26-20(38)9-18(36)11-24(26)44-32)22(40)13-23(41)29-31(43)27-21(39)10-19(37)12-25(27)45-33(29)15-3-7-17(35)8-4-15/h1-12,34-39H,13H2. The van der Waals surface area contributed by atoms with Crippen LogP contribution in [0.2, 0.25) is 0 Å². The SMILES string of the molecule is O=C(CC(=O)c1c(-c2ccc(O)cc2)oc2cc(O)cc(O)c2c1=O)c1c(-c2ccc(O)cc2)oc2cc(O)cc(O)c2c1=O. The van der Waals surface area contributed by atoms with Gasteiger partial charge in [0.25, 0.3) is 0 Å². The van der Waals surface area contributed by atoms with E-state index in [0.717, 1.165) is 24.3 Å². The molecule has 0 saturated carbocycles. The molecule has 0 spiro atoms. The minimum absolute atomic E-state index is 0.130. The van der Waals surface area contributed by atoms with Gasteiger partial charge in [0.1, 0.15) is 79.1 Å². The van der Waals surface area contributed by atoms with Crippen molar-refractivity contribution in [2.24, 2.45) is 0 Å². The maximum absolute atomic E-state index is 13.8. The molecule has 0 radical (unpaired) electrons. The molecule has 224 valence electrons. The van der Waals surface area contributed by atoms with E-state index in [4.69, 9.17) is 8.83 Å². The van der Waals surface area contributed by atoms with Gasteiger partial charge < -0.3 is 39.5 Å². The van der Waals surface area contributed by atoms with E-state index in [9.17, 15) is 49.8 Å². The highest BCUT2D eigenvalue weighted by Crippen LogP contribution is 2.36. The highest BCUT2D eigenvalue weighted by atomic mass is 16.3. The van der Waals surface area contributed by atoms with E-state index in [1.165, 1.54) is 48.5 Å². The minimum Gasteiger partial charge on any atom is -0.508 e. The molecule has 0 unspecified atom stereocenters. The van der Waals surface area contributed by atoms with Gasteiger partial charge in [-0.1, -0.05) is 0 Å². The summed E-state index contributed by atoms with van der Waals surface area (Å²) in [7, 11) is 0. The van der Waals surface area contributed by atoms with Crippen molar-refractivity contribution in [3.8, 4) is 57.1 Å². The van der Waals surface area contributed by atoms with Crippen molar-refractivity contribution in [1.29, 1.82) is 0 Å². The number of ketones is 2. The Bertz CT molecular complexity index is 2150. The van der Waals surface area contributed by atoms with Crippen LogP contribution in [0.15, 0.2) is 91.2 Å². The van der Waals surface area contributed by atoms with Crippen LogP contribution in [0, 0.1) is 0 Å². The van der Waals surface area contributed by atoms with Crippen LogP contribution in [-0.4, -0.2) is 42.2 Å². The van der Waals surface area contributed by atoms with Crippen molar-refractivity contribution in [3.63, 3.8) is 0 Å². The zero-order chi connectivity index (χ0) is 32.2. The van der Waals surface area contributed by atoms with Gasteiger partial charge in [0.05, 0.1) is 6.42 Å². The van der Waals surface area contributed by atoms with Crippen LogP contribution in [0.5, 0.6) is 34.5 Å². The van der Waals surface area contributed by atoms with E-state index < -0.39 is 73.7 Å². The summed E-state index contributed by atoms with van der Waals surface area (Å²) in [6, 6.07) is 14.2. The first-order chi connectivity index (χ1) is 21.4. The molecule has 0 fully saturated rings. The molecule has 6 aromatic rings. The highest BCUT2D eigenvalue weighted by molar-refractivity contribution is 6.18. The molecule has 2 heterocycles. The summed E-state index contributed by atoms with van der Waals surface area (Å²) >= 11 is 0. The number of rotatable bonds is 6. The second-order valence-corrected chi connectivity index (χ2v) is 10.1. The molecule has 0 atom stereocenters. The van der Waals surface area contributed by atoms with Gasteiger partial charge in [0, 0.05) is 35.4 Å². The van der Waals surface area contributed by atoms with Crippen LogP contribution in [-0.2, 0) is 0 Å². The lowest BCUT2D eigenvalue weighted by atomic mass is 9.94. The lowest BCUT2D eigenvalue weighted by molar-refractivity contribution is 0.0892. The molecule has 45 heavy (non-hydrogen) atoms. The zero-order valence-corrected chi connectivity index (χ0v) is 22.8. The summed E-state index contributed by atoms with van der Waals surface area (Å²) in [5.74, 6) is -5.44. The Morgan fingerprint density at radius 1 is 0.511 bits per heavy atom. The molecular weight excluding hydrogens is 588 g/mol. The Kier molecular flexibility index (Phi) is 6.73. The van der Waals surface area contributed by atoms with Gasteiger partial charge in [0.2, 0.25) is 10.9 Å². The molecule has 12 nitrogen and oxygen atoms in total. The predicted molar refractivity (Wildman–Crippen MR) is 159 cm³/mol. The second kappa shape index (κ2) is 10.6. The summed E-state index contributed by atoms with van der Waals surface area (Å²) < 4.78 is 11.6. The summed E-state index contributed by atoms with van der Waals surface area (Å²) in [6.07, 6.45) is -1.08. The molecule has 4 aromatic carbocycles. The quantitative estimate of drug-likeness (QED) is 0.110. The molecule has 0 amide bonds. The number of fused-ring (bicyclic) bond motifs is 2. The first kappa shape index (κ1) is 28.6. The van der Waals surface area contributed by atoms with Gasteiger partial charge in [-0.2, -0.15) is 0 Å². The van der Waals surface area contributed by atoms with Crippen molar-refractivity contribution in [2.45, 2.75) is 6.42 Å². The molecule has 2 aromatic heterocycles. The van der Waals surface area contributed by atoms with Crippen molar-refractivity contribution in [3.05, 3.63) is 104 Å². The number of phenolic OH excluding ortho intramolecular Hbond substituents is 6. The predicted octanol–water partition coefficient (Wildman–Crippen LogP) is 4.92. The normalized spacial score (nSPS) is 11.2. The van der Waals surface area contributed by atoms with Crippen LogP contribution < -0.4 is 10.9 Å². The van der Waals surface area contributed by atoms with E-state index in [0.29, 0.717) is 0 Å². The second-order valence-electron chi connectivity index (χ2n) is 10.1. The largest absolute Gasteiger partial charge is 0.508 e. The molecule has 0 aliphatic heterocycles. The van der Waals surface area contributed by atoms with Crippen LogP contribution >= 0.6 is 0 Å². The highest BCUT2D eigenvalue weighted by Gasteiger charge is 2.30. The maximum Gasteiger partial charge on any atom is 0.207 e. The van der Waals surface area contributed by atoms with Crippen LogP contribution in [0.1, 0.15) is 27.1 Å². The number of hydrogen-bond acceptors (Lipinski definition) is 12. The number of carbonyl (C=O) groups excluding carboxylic acids is 2. The summed E-state index contributed by atoms with van der Waals surface area (Å²) in [5.41, 5.74) is -3.67. The van der Waals surface area contributed by atoms with E-state index in [-0.39, 0.29) is 45.3 Å². The zero-order valence-electron chi connectivity index (χ0n) is 22.8. The number of aromatic hydroxyl groups is 6. The fourth-order valence-electron chi connectivity index (χ4n) is 5.03. The van der Waals surface area contributed by atoms with Crippen molar-refractivity contribution in [2.75, 3.05) is 0 Å². The van der Waals surface area contributed by atoms with Crippen molar-refractivity contribution in [1.82, 2.24) is 0 Å². The molecule has 6 N–H and O–H groups in total. The van der Waals surface area contributed by atoms with Crippen LogP contribution in [0.4, 0.5) is 0 Å². The van der Waals surface area contributed by atoms with Gasteiger partial charge in [-0.05, 0) is 48.5 Å². The van der Waals surface area contributed by atoms with Gasteiger partial charge in [-0.15, -0.1) is 0 Å².